The van der Waals surface area contributed by atoms with Gasteiger partial charge in [0.15, 0.2) is 0 Å². The minimum Gasteiger partial charge on any atom is -0.456 e. The topological polar surface area (TPSA) is 35.2 Å². The van der Waals surface area contributed by atoms with Gasteiger partial charge in [-0.15, -0.1) is 0 Å². The molecule has 0 spiro atoms. The van der Waals surface area contributed by atoms with Crippen LogP contribution in [-0.4, -0.2) is 6.04 Å². The molecule has 2 rings (SSSR count). The van der Waals surface area contributed by atoms with E-state index in [4.69, 9.17) is 22.1 Å². The van der Waals surface area contributed by atoms with Crippen LogP contribution in [0.25, 0.3) is 0 Å². The van der Waals surface area contributed by atoms with Gasteiger partial charge in [-0.05, 0) is 59.1 Å². The first-order valence-electron chi connectivity index (χ1n) is 6.67. The van der Waals surface area contributed by atoms with E-state index in [-0.39, 0.29) is 11.9 Å². The fourth-order valence-electron chi connectivity index (χ4n) is 1.92. The quantitative estimate of drug-likeness (QED) is 0.771. The van der Waals surface area contributed by atoms with E-state index in [2.05, 4.69) is 15.9 Å². The minimum atomic E-state index is -0.304. The van der Waals surface area contributed by atoms with Gasteiger partial charge < -0.3 is 10.5 Å². The fourth-order valence-corrected chi connectivity index (χ4v) is 2.68. The van der Waals surface area contributed by atoms with E-state index >= 15 is 0 Å². The van der Waals surface area contributed by atoms with Gasteiger partial charge in [-0.25, -0.2) is 4.39 Å². The predicted octanol–water partition coefficient (Wildman–Crippen LogP) is 5.31. The Morgan fingerprint density at radius 2 is 2.05 bits per heavy atom. The van der Waals surface area contributed by atoms with Gasteiger partial charge >= 0.3 is 0 Å². The lowest BCUT2D eigenvalue weighted by molar-refractivity contribution is 0.458. The van der Waals surface area contributed by atoms with Gasteiger partial charge in [-0.3, -0.25) is 0 Å². The molecule has 2 aromatic carbocycles. The first-order chi connectivity index (χ1) is 10.0. The molecule has 0 saturated heterocycles. The molecule has 0 bridgehead atoms. The van der Waals surface area contributed by atoms with Crippen LogP contribution in [-0.2, 0) is 6.42 Å². The number of nitrogens with two attached hydrogens (primary N) is 1. The Morgan fingerprint density at radius 1 is 1.29 bits per heavy atom. The Kier molecular flexibility index (Phi) is 5.62. The highest BCUT2D eigenvalue weighted by Crippen LogP contribution is 2.34. The summed E-state index contributed by atoms with van der Waals surface area (Å²) in [6, 6.07) is 9.86. The molecule has 0 heterocycles. The van der Waals surface area contributed by atoms with Gasteiger partial charge in [0.2, 0.25) is 0 Å². The van der Waals surface area contributed by atoms with Gasteiger partial charge in [-0.2, -0.15) is 0 Å². The third kappa shape index (κ3) is 4.19. The molecule has 21 heavy (non-hydrogen) atoms. The second-order valence-corrected chi connectivity index (χ2v) is 6.06. The van der Waals surface area contributed by atoms with Crippen LogP contribution in [0.1, 0.15) is 18.9 Å². The maximum absolute atomic E-state index is 14.0. The lowest BCUT2D eigenvalue weighted by Gasteiger charge is -2.15. The smallest absolute Gasteiger partial charge is 0.141 e. The number of hydrogen-bond acceptors (Lipinski definition) is 2. The number of halogens is 3. The summed E-state index contributed by atoms with van der Waals surface area (Å²) in [5.41, 5.74) is 6.43. The van der Waals surface area contributed by atoms with Crippen LogP contribution in [0.5, 0.6) is 11.5 Å². The van der Waals surface area contributed by atoms with Crippen molar-refractivity contribution in [3.63, 3.8) is 0 Å². The SMILES string of the molecule is CCC(N)Cc1c(F)cccc1Oc1ccc(Cl)cc1Br. The standard InChI is InChI=1S/C16H16BrClFNO/c1-2-11(20)9-12-14(19)4-3-5-15(12)21-16-7-6-10(18)8-13(16)17/h3-8,11H,2,9,20H2,1H3. The molecular formula is C16H16BrClFNO. The van der Waals surface area contributed by atoms with E-state index in [1.807, 2.05) is 6.92 Å². The summed E-state index contributed by atoms with van der Waals surface area (Å²) < 4.78 is 20.6. The molecule has 1 atom stereocenters. The van der Waals surface area contributed by atoms with Crippen LogP contribution in [0, 0.1) is 5.82 Å². The molecule has 2 aromatic rings. The molecule has 5 heteroatoms. The van der Waals surface area contributed by atoms with Crippen LogP contribution in [0.15, 0.2) is 40.9 Å². The lowest BCUT2D eigenvalue weighted by Crippen LogP contribution is -2.22. The molecule has 0 radical (unpaired) electrons. The number of benzene rings is 2. The van der Waals surface area contributed by atoms with E-state index in [1.54, 1.807) is 30.3 Å². The van der Waals surface area contributed by atoms with Crippen LogP contribution >= 0.6 is 27.5 Å². The van der Waals surface area contributed by atoms with Crippen LogP contribution in [0.3, 0.4) is 0 Å². The Balaban J connectivity index is 2.33. The van der Waals surface area contributed by atoms with Gasteiger partial charge in [0, 0.05) is 16.6 Å². The van der Waals surface area contributed by atoms with Crippen molar-refractivity contribution in [1.29, 1.82) is 0 Å². The number of rotatable bonds is 5. The average molecular weight is 373 g/mol. The van der Waals surface area contributed by atoms with Crippen LogP contribution in [0.4, 0.5) is 4.39 Å². The summed E-state index contributed by atoms with van der Waals surface area (Å²) >= 11 is 9.29. The molecule has 0 aromatic heterocycles. The second kappa shape index (κ2) is 7.25. The summed E-state index contributed by atoms with van der Waals surface area (Å²) in [6.45, 7) is 1.97. The van der Waals surface area contributed by atoms with E-state index in [1.165, 1.54) is 6.07 Å². The highest BCUT2D eigenvalue weighted by Gasteiger charge is 2.14. The van der Waals surface area contributed by atoms with E-state index < -0.39 is 0 Å². The van der Waals surface area contributed by atoms with Gasteiger partial charge in [0.05, 0.1) is 4.47 Å². The van der Waals surface area contributed by atoms with Crippen molar-refractivity contribution in [2.45, 2.75) is 25.8 Å². The monoisotopic (exact) mass is 371 g/mol. The number of hydrogen-bond donors (Lipinski definition) is 1. The van der Waals surface area contributed by atoms with Crippen molar-refractivity contribution in [3.8, 4) is 11.5 Å². The molecule has 2 nitrogen and oxygen atoms in total. The Bertz CT molecular complexity index is 636. The van der Waals surface area contributed by atoms with Crippen molar-refractivity contribution in [3.05, 3.63) is 57.3 Å². The lowest BCUT2D eigenvalue weighted by atomic mass is 10.0. The summed E-state index contributed by atoms with van der Waals surface area (Å²) in [5.74, 6) is 0.750. The molecular weight excluding hydrogens is 357 g/mol. The van der Waals surface area contributed by atoms with E-state index in [0.29, 0.717) is 33.0 Å². The largest absolute Gasteiger partial charge is 0.456 e. The summed E-state index contributed by atoms with van der Waals surface area (Å²) in [4.78, 5) is 0. The van der Waals surface area contributed by atoms with Crippen molar-refractivity contribution >= 4 is 27.5 Å². The van der Waals surface area contributed by atoms with Gasteiger partial charge in [0.25, 0.3) is 0 Å². The summed E-state index contributed by atoms with van der Waals surface area (Å²) in [7, 11) is 0. The zero-order chi connectivity index (χ0) is 15.4. The average Bonchev–Trinajstić information content (AvgIpc) is 2.45. The zero-order valence-corrected chi connectivity index (χ0v) is 13.9. The third-order valence-corrected chi connectivity index (χ3v) is 4.04. The van der Waals surface area contributed by atoms with Crippen molar-refractivity contribution < 1.29 is 9.13 Å². The normalized spacial score (nSPS) is 12.2. The van der Waals surface area contributed by atoms with Crippen LogP contribution < -0.4 is 10.5 Å². The van der Waals surface area contributed by atoms with E-state index in [0.717, 1.165) is 6.42 Å². The maximum Gasteiger partial charge on any atom is 0.141 e. The molecule has 0 aliphatic heterocycles. The second-order valence-electron chi connectivity index (χ2n) is 4.77. The summed E-state index contributed by atoms with van der Waals surface area (Å²) in [5, 5.41) is 0.599. The molecule has 1 unspecified atom stereocenters. The van der Waals surface area contributed by atoms with Crippen LogP contribution in [0.2, 0.25) is 5.02 Å². The highest BCUT2D eigenvalue weighted by molar-refractivity contribution is 9.10. The fraction of sp³-hybridized carbons (Fsp3) is 0.250. The first kappa shape index (κ1) is 16.3. The molecule has 0 saturated carbocycles. The maximum atomic E-state index is 14.0. The van der Waals surface area contributed by atoms with Crippen molar-refractivity contribution in [1.82, 2.24) is 0 Å². The Morgan fingerprint density at radius 3 is 2.71 bits per heavy atom. The molecule has 0 aliphatic rings. The van der Waals surface area contributed by atoms with Gasteiger partial charge in [-0.1, -0.05) is 24.6 Å². The molecule has 112 valence electrons. The highest BCUT2D eigenvalue weighted by atomic mass is 79.9. The summed E-state index contributed by atoms with van der Waals surface area (Å²) in [6.07, 6.45) is 1.21. The molecule has 2 N–H and O–H groups in total. The number of ether oxygens (including phenoxy) is 1. The predicted molar refractivity (Wildman–Crippen MR) is 87.6 cm³/mol. The van der Waals surface area contributed by atoms with Crippen molar-refractivity contribution in [2.24, 2.45) is 5.73 Å². The zero-order valence-electron chi connectivity index (χ0n) is 11.6. The third-order valence-electron chi connectivity index (χ3n) is 3.18. The Hall–Kier alpha value is -1.10. The van der Waals surface area contributed by atoms with E-state index in [9.17, 15) is 4.39 Å². The minimum absolute atomic E-state index is 0.0992. The molecule has 0 fully saturated rings. The van der Waals surface area contributed by atoms with Gasteiger partial charge in [0.1, 0.15) is 17.3 Å². The first-order valence-corrected chi connectivity index (χ1v) is 7.84. The molecule has 0 amide bonds. The molecule has 0 aliphatic carbocycles. The Labute approximate surface area is 137 Å². The van der Waals surface area contributed by atoms with Crippen molar-refractivity contribution in [2.75, 3.05) is 0 Å².